The van der Waals surface area contributed by atoms with Crippen LogP contribution in [0.5, 0.6) is 0 Å². The number of piperazine rings is 1. The first-order chi connectivity index (χ1) is 20.5. The van der Waals surface area contributed by atoms with Crippen LogP contribution in [0.15, 0.2) is 36.8 Å². The lowest BCUT2D eigenvalue weighted by Crippen LogP contribution is -2.59. The van der Waals surface area contributed by atoms with Crippen LogP contribution in [0, 0.1) is 11.3 Å². The summed E-state index contributed by atoms with van der Waals surface area (Å²) in [7, 11) is 0. The molecule has 0 unspecified atom stereocenters. The predicted octanol–water partition coefficient (Wildman–Crippen LogP) is 5.15. The van der Waals surface area contributed by atoms with E-state index in [4.69, 9.17) is 17.1 Å². The molecule has 1 fully saturated rings. The Hall–Kier alpha value is -3.81. The van der Waals surface area contributed by atoms with Crippen molar-refractivity contribution in [1.82, 2.24) is 19.4 Å². The first-order valence-electron chi connectivity index (χ1n) is 15.2. The zero-order valence-corrected chi connectivity index (χ0v) is 19.2. The number of amides is 1. The van der Waals surface area contributed by atoms with Crippen LogP contribution < -0.4 is 4.90 Å². The SMILES string of the molecule is [2H]C([2H])([2H])C(OC(=O)N1C[C@H](C)N(c2nccc3c2c(C(F)(F)F)cn3-c2cc(C#N)ccn2)C[C@H]1C)(C([2H])([2H])[2H])C([2H])([2H])[2H]. The van der Waals surface area contributed by atoms with Gasteiger partial charge >= 0.3 is 12.3 Å². The third-order valence-electron chi connectivity index (χ3n) is 5.86. The van der Waals surface area contributed by atoms with Crippen molar-refractivity contribution in [3.8, 4) is 11.9 Å². The highest BCUT2D eigenvalue weighted by Crippen LogP contribution is 2.41. The summed E-state index contributed by atoms with van der Waals surface area (Å²) in [6.45, 7) is -8.83. The van der Waals surface area contributed by atoms with E-state index in [0.717, 1.165) is 11.1 Å². The molecule has 0 saturated carbocycles. The molecule has 1 aliphatic heterocycles. The van der Waals surface area contributed by atoms with Gasteiger partial charge in [-0.2, -0.15) is 18.4 Å². The third-order valence-corrected chi connectivity index (χ3v) is 5.86. The highest BCUT2D eigenvalue weighted by atomic mass is 19.4. The number of hydrogen-bond donors (Lipinski definition) is 0. The number of hydrogen-bond acceptors (Lipinski definition) is 6. The molecule has 0 aromatic carbocycles. The molecule has 4 rings (SSSR count). The van der Waals surface area contributed by atoms with E-state index < -0.39 is 56.1 Å². The number of halogens is 3. The lowest BCUT2D eigenvalue weighted by atomic mass is 10.1. The summed E-state index contributed by atoms with van der Waals surface area (Å²) in [4.78, 5) is 24.1. The average Bonchev–Trinajstić information content (AvgIpc) is 3.31. The number of alkyl halides is 3. The Bertz CT molecular complexity index is 1610. The number of nitrogens with zero attached hydrogens (tertiary/aromatic N) is 6. The third kappa shape index (κ3) is 4.80. The Labute approximate surface area is 219 Å². The molecule has 0 radical (unpaired) electrons. The van der Waals surface area contributed by atoms with Gasteiger partial charge in [0.15, 0.2) is 0 Å². The van der Waals surface area contributed by atoms with Crippen molar-refractivity contribution in [3.63, 3.8) is 0 Å². The number of carbonyl (C=O) groups is 1. The largest absolute Gasteiger partial charge is 0.444 e. The summed E-state index contributed by atoms with van der Waals surface area (Å²) in [5, 5.41) is 8.98. The van der Waals surface area contributed by atoms with Gasteiger partial charge in [0.1, 0.15) is 17.2 Å². The summed E-state index contributed by atoms with van der Waals surface area (Å²) in [5.74, 6) is -0.0360. The molecule has 1 amide bonds. The lowest BCUT2D eigenvalue weighted by molar-refractivity contribution is -0.136. The molecule has 8 nitrogen and oxygen atoms in total. The second-order valence-corrected chi connectivity index (χ2v) is 8.51. The van der Waals surface area contributed by atoms with E-state index in [1.165, 1.54) is 47.0 Å². The standard InChI is InChI=1S/C25H27F3N6O2/c1-15-13-33(23(35)36-24(3,4)5)16(2)12-32(15)22-21-18(25(26,27)28)14-34(19(21)7-9-31-22)20-10-17(11-29)6-8-30-20/h6-10,14-16H,12-13H2,1-5H3/t15-,16+/m0/s1/i3D3,4D3,5D3. The summed E-state index contributed by atoms with van der Waals surface area (Å²) in [6.07, 6.45) is -2.93. The topological polar surface area (TPSA) is 87.3 Å². The van der Waals surface area contributed by atoms with Gasteiger partial charge in [0, 0.05) is 56.1 Å². The molecule has 1 aliphatic rings. The van der Waals surface area contributed by atoms with E-state index in [2.05, 4.69) is 9.97 Å². The fourth-order valence-electron chi connectivity index (χ4n) is 4.27. The van der Waals surface area contributed by atoms with Gasteiger partial charge in [0.25, 0.3) is 0 Å². The van der Waals surface area contributed by atoms with E-state index >= 15 is 0 Å². The summed E-state index contributed by atoms with van der Waals surface area (Å²) >= 11 is 0. The van der Waals surface area contributed by atoms with Crippen LogP contribution in [-0.4, -0.2) is 56.3 Å². The number of carbonyl (C=O) groups excluding carboxylic acids is 1. The molecular weight excluding hydrogens is 473 g/mol. The number of pyridine rings is 2. The number of rotatable bonds is 2. The first-order valence-corrected chi connectivity index (χ1v) is 10.7. The minimum Gasteiger partial charge on any atom is -0.444 e. The molecule has 0 N–H and O–H groups in total. The van der Waals surface area contributed by atoms with Gasteiger partial charge < -0.3 is 19.1 Å². The van der Waals surface area contributed by atoms with Gasteiger partial charge in [-0.25, -0.2) is 14.8 Å². The maximum Gasteiger partial charge on any atom is 0.418 e. The average molecular weight is 510 g/mol. The Morgan fingerprint density at radius 2 is 1.89 bits per heavy atom. The van der Waals surface area contributed by atoms with Crippen LogP contribution >= 0.6 is 0 Å². The van der Waals surface area contributed by atoms with Crippen molar-refractivity contribution in [2.24, 2.45) is 0 Å². The van der Waals surface area contributed by atoms with Gasteiger partial charge in [-0.3, -0.25) is 0 Å². The molecule has 0 spiro atoms. The van der Waals surface area contributed by atoms with Gasteiger partial charge in [-0.1, -0.05) is 0 Å². The van der Waals surface area contributed by atoms with Crippen molar-refractivity contribution >= 4 is 22.8 Å². The molecule has 4 heterocycles. The van der Waals surface area contributed by atoms with E-state index in [-0.39, 0.29) is 41.2 Å². The summed E-state index contributed by atoms with van der Waals surface area (Å²) < 4.78 is 119. The van der Waals surface area contributed by atoms with Crippen LogP contribution in [0.2, 0.25) is 0 Å². The van der Waals surface area contributed by atoms with Crippen LogP contribution in [0.3, 0.4) is 0 Å². The van der Waals surface area contributed by atoms with E-state index in [9.17, 15) is 23.2 Å². The Morgan fingerprint density at radius 1 is 1.17 bits per heavy atom. The smallest absolute Gasteiger partial charge is 0.418 e. The Morgan fingerprint density at radius 3 is 2.56 bits per heavy atom. The number of nitriles is 1. The maximum atomic E-state index is 14.4. The van der Waals surface area contributed by atoms with E-state index in [0.29, 0.717) is 0 Å². The molecule has 2 atom stereocenters. The fraction of sp³-hybridized carbons (Fsp3) is 0.440. The van der Waals surface area contributed by atoms with Gasteiger partial charge in [-0.05, 0) is 52.6 Å². The zero-order valence-electron chi connectivity index (χ0n) is 28.2. The highest BCUT2D eigenvalue weighted by molar-refractivity contribution is 5.95. The van der Waals surface area contributed by atoms with E-state index in [1.807, 2.05) is 6.07 Å². The first kappa shape index (κ1) is 16.0. The van der Waals surface area contributed by atoms with Gasteiger partial charge in [0.2, 0.25) is 0 Å². The second-order valence-electron chi connectivity index (χ2n) is 8.51. The minimum atomic E-state index is -4.84. The summed E-state index contributed by atoms with van der Waals surface area (Å²) in [5.41, 5.74) is -4.63. The number of fused-ring (bicyclic) bond motifs is 1. The van der Waals surface area contributed by atoms with Gasteiger partial charge in [0.05, 0.1) is 28.1 Å². The molecule has 1 saturated heterocycles. The molecule has 0 aliphatic carbocycles. The molecular formula is C25H27F3N6O2. The zero-order chi connectivity index (χ0) is 33.9. The van der Waals surface area contributed by atoms with Crippen molar-refractivity contribution in [1.29, 1.82) is 5.26 Å². The molecule has 190 valence electrons. The Kier molecular flexibility index (Phi) is 4.01. The van der Waals surface area contributed by atoms with Crippen LogP contribution in [0.4, 0.5) is 23.8 Å². The quantitative estimate of drug-likeness (QED) is 0.475. The molecule has 0 bridgehead atoms. The number of aromatic nitrogens is 3. The predicted molar refractivity (Wildman–Crippen MR) is 128 cm³/mol. The second kappa shape index (κ2) is 9.00. The normalized spacial score (nSPS) is 23.6. The van der Waals surface area contributed by atoms with Crippen molar-refractivity contribution in [2.45, 2.75) is 58.3 Å². The van der Waals surface area contributed by atoms with Crippen molar-refractivity contribution in [2.75, 3.05) is 18.0 Å². The summed E-state index contributed by atoms with van der Waals surface area (Å²) in [6, 6.07) is 4.27. The number of anilines is 1. The molecule has 3 aromatic rings. The minimum absolute atomic E-state index is 0.0573. The van der Waals surface area contributed by atoms with Crippen LogP contribution in [-0.2, 0) is 10.9 Å². The maximum absolute atomic E-state index is 14.4. The van der Waals surface area contributed by atoms with Crippen LogP contribution in [0.1, 0.15) is 57.9 Å². The lowest BCUT2D eigenvalue weighted by Gasteiger charge is -2.44. The van der Waals surface area contributed by atoms with Crippen molar-refractivity contribution < 1.29 is 35.0 Å². The Balaban J connectivity index is 1.75. The molecule has 3 aromatic heterocycles. The van der Waals surface area contributed by atoms with Gasteiger partial charge in [-0.15, -0.1) is 0 Å². The highest BCUT2D eigenvalue weighted by Gasteiger charge is 2.40. The molecule has 36 heavy (non-hydrogen) atoms. The van der Waals surface area contributed by atoms with E-state index in [1.54, 1.807) is 6.92 Å². The monoisotopic (exact) mass is 509 g/mol. The number of ether oxygens (including phenoxy) is 1. The molecule has 11 heteroatoms. The van der Waals surface area contributed by atoms with Crippen molar-refractivity contribution in [3.05, 3.63) is 47.9 Å². The fourth-order valence-corrected chi connectivity index (χ4v) is 4.27. The van der Waals surface area contributed by atoms with Crippen LogP contribution in [0.25, 0.3) is 16.7 Å².